The van der Waals surface area contributed by atoms with E-state index in [1.807, 2.05) is 0 Å². The van der Waals surface area contributed by atoms with Crippen LogP contribution in [0.2, 0.25) is 0 Å². The Balaban J connectivity index is 2.32. The first-order valence-electron chi connectivity index (χ1n) is 7.43. The van der Waals surface area contributed by atoms with Crippen LogP contribution in [0.15, 0.2) is 0 Å². The van der Waals surface area contributed by atoms with Crippen molar-refractivity contribution in [3.05, 3.63) is 0 Å². The quantitative estimate of drug-likeness (QED) is 0.697. The van der Waals surface area contributed by atoms with Crippen molar-refractivity contribution in [2.75, 3.05) is 33.2 Å². The van der Waals surface area contributed by atoms with Gasteiger partial charge < -0.3 is 9.80 Å². The standard InChI is InChI=1S/C15H29N3/c1-14(2)13-18(11-6-9-16)12-8-15-7-4-5-10-17(15)3/h14-15H,4-8,10-13H2,1-3H3. The number of nitriles is 1. The molecule has 0 N–H and O–H groups in total. The van der Waals surface area contributed by atoms with Crippen LogP contribution in [0.25, 0.3) is 0 Å². The number of nitrogens with zero attached hydrogens (tertiary/aromatic N) is 3. The maximum atomic E-state index is 8.72. The van der Waals surface area contributed by atoms with Gasteiger partial charge >= 0.3 is 0 Å². The van der Waals surface area contributed by atoms with Gasteiger partial charge in [-0.05, 0) is 45.3 Å². The van der Waals surface area contributed by atoms with Crippen LogP contribution in [-0.4, -0.2) is 49.1 Å². The maximum Gasteiger partial charge on any atom is 0.0635 e. The van der Waals surface area contributed by atoms with Gasteiger partial charge in [0, 0.05) is 25.6 Å². The summed E-state index contributed by atoms with van der Waals surface area (Å²) in [6.07, 6.45) is 6.01. The Morgan fingerprint density at radius 2 is 2.11 bits per heavy atom. The van der Waals surface area contributed by atoms with Gasteiger partial charge in [0.15, 0.2) is 0 Å². The van der Waals surface area contributed by atoms with Crippen LogP contribution in [0.1, 0.15) is 46.0 Å². The highest BCUT2D eigenvalue weighted by atomic mass is 15.2. The number of likely N-dealkylation sites (tertiary alicyclic amines) is 1. The summed E-state index contributed by atoms with van der Waals surface area (Å²) in [5.41, 5.74) is 0. The highest BCUT2D eigenvalue weighted by Crippen LogP contribution is 2.18. The molecule has 0 saturated carbocycles. The molecule has 0 radical (unpaired) electrons. The van der Waals surface area contributed by atoms with E-state index in [4.69, 9.17) is 5.26 Å². The van der Waals surface area contributed by atoms with Gasteiger partial charge in [-0.15, -0.1) is 0 Å². The van der Waals surface area contributed by atoms with Crippen molar-refractivity contribution in [3.63, 3.8) is 0 Å². The Morgan fingerprint density at radius 3 is 2.72 bits per heavy atom. The van der Waals surface area contributed by atoms with Crippen molar-refractivity contribution in [2.45, 2.75) is 52.0 Å². The average molecular weight is 251 g/mol. The zero-order chi connectivity index (χ0) is 13.4. The lowest BCUT2D eigenvalue weighted by atomic mass is 10.00. The number of rotatable bonds is 7. The molecule has 1 aliphatic rings. The molecule has 0 bridgehead atoms. The van der Waals surface area contributed by atoms with Crippen LogP contribution in [0.3, 0.4) is 0 Å². The smallest absolute Gasteiger partial charge is 0.0635 e. The second-order valence-electron chi connectivity index (χ2n) is 6.02. The summed E-state index contributed by atoms with van der Waals surface area (Å²) in [7, 11) is 2.26. The number of hydrogen-bond acceptors (Lipinski definition) is 3. The predicted molar refractivity (Wildman–Crippen MR) is 76.4 cm³/mol. The van der Waals surface area contributed by atoms with Crippen LogP contribution in [-0.2, 0) is 0 Å². The molecule has 3 heteroatoms. The fraction of sp³-hybridized carbons (Fsp3) is 0.933. The van der Waals surface area contributed by atoms with Crippen LogP contribution in [0.4, 0.5) is 0 Å². The molecular weight excluding hydrogens is 222 g/mol. The summed E-state index contributed by atoms with van der Waals surface area (Å²) in [5.74, 6) is 0.688. The van der Waals surface area contributed by atoms with Gasteiger partial charge in [0.25, 0.3) is 0 Å². The van der Waals surface area contributed by atoms with Crippen molar-refractivity contribution in [3.8, 4) is 6.07 Å². The molecule has 1 heterocycles. The Labute approximate surface area is 113 Å². The number of piperidine rings is 1. The third kappa shape index (κ3) is 5.84. The fourth-order valence-corrected chi connectivity index (χ4v) is 2.86. The molecule has 1 aliphatic heterocycles. The van der Waals surface area contributed by atoms with Crippen molar-refractivity contribution >= 4 is 0 Å². The molecule has 3 nitrogen and oxygen atoms in total. The van der Waals surface area contributed by atoms with Gasteiger partial charge in [0.2, 0.25) is 0 Å². The summed E-state index contributed by atoms with van der Waals surface area (Å²) in [6.45, 7) is 8.98. The van der Waals surface area contributed by atoms with Crippen LogP contribution in [0.5, 0.6) is 0 Å². The summed E-state index contributed by atoms with van der Waals surface area (Å²) in [6, 6.07) is 3.03. The number of hydrogen-bond donors (Lipinski definition) is 0. The van der Waals surface area contributed by atoms with E-state index in [2.05, 4.69) is 36.8 Å². The van der Waals surface area contributed by atoms with E-state index >= 15 is 0 Å². The van der Waals surface area contributed by atoms with Crippen molar-refractivity contribution in [2.24, 2.45) is 5.92 Å². The molecule has 0 aliphatic carbocycles. The highest BCUT2D eigenvalue weighted by Gasteiger charge is 2.19. The predicted octanol–water partition coefficient (Wildman–Crippen LogP) is 2.73. The van der Waals surface area contributed by atoms with Crippen LogP contribution < -0.4 is 0 Å². The summed E-state index contributed by atoms with van der Waals surface area (Å²) in [5, 5.41) is 8.72. The van der Waals surface area contributed by atoms with Crippen LogP contribution >= 0.6 is 0 Å². The first-order valence-corrected chi connectivity index (χ1v) is 7.43. The molecule has 18 heavy (non-hydrogen) atoms. The molecule has 1 fully saturated rings. The first-order chi connectivity index (χ1) is 8.63. The largest absolute Gasteiger partial charge is 0.303 e. The summed E-state index contributed by atoms with van der Waals surface area (Å²) >= 11 is 0. The first kappa shape index (κ1) is 15.5. The molecule has 1 rings (SSSR count). The Bertz CT molecular complexity index is 257. The third-order valence-corrected chi connectivity index (χ3v) is 3.86. The van der Waals surface area contributed by atoms with Crippen LogP contribution in [0, 0.1) is 17.2 Å². The van der Waals surface area contributed by atoms with E-state index in [0.29, 0.717) is 12.3 Å². The lowest BCUT2D eigenvalue weighted by molar-refractivity contribution is 0.150. The molecule has 0 amide bonds. The summed E-state index contributed by atoms with van der Waals surface area (Å²) < 4.78 is 0. The zero-order valence-electron chi connectivity index (χ0n) is 12.4. The Morgan fingerprint density at radius 1 is 1.33 bits per heavy atom. The molecule has 1 atom stereocenters. The second kappa shape index (κ2) is 8.50. The second-order valence-corrected chi connectivity index (χ2v) is 6.02. The third-order valence-electron chi connectivity index (χ3n) is 3.86. The normalized spacial score (nSPS) is 21.4. The van der Waals surface area contributed by atoms with Gasteiger partial charge in [-0.1, -0.05) is 20.3 Å². The Hall–Kier alpha value is -0.590. The van der Waals surface area contributed by atoms with E-state index in [0.717, 1.165) is 25.7 Å². The molecule has 1 unspecified atom stereocenters. The van der Waals surface area contributed by atoms with Gasteiger partial charge in [0.05, 0.1) is 6.07 Å². The minimum absolute atomic E-state index is 0.660. The van der Waals surface area contributed by atoms with Gasteiger partial charge in [0.1, 0.15) is 0 Å². The topological polar surface area (TPSA) is 30.3 Å². The molecule has 104 valence electrons. The zero-order valence-corrected chi connectivity index (χ0v) is 12.4. The Kier molecular flexibility index (Phi) is 7.31. The van der Waals surface area contributed by atoms with Crippen molar-refractivity contribution in [1.82, 2.24) is 9.80 Å². The fourth-order valence-electron chi connectivity index (χ4n) is 2.86. The minimum Gasteiger partial charge on any atom is -0.303 e. The lowest BCUT2D eigenvalue weighted by Crippen LogP contribution is -2.39. The van der Waals surface area contributed by atoms with Gasteiger partial charge in [-0.25, -0.2) is 0 Å². The molecule has 0 aromatic heterocycles. The van der Waals surface area contributed by atoms with E-state index in [9.17, 15) is 0 Å². The van der Waals surface area contributed by atoms with Gasteiger partial charge in [-0.3, -0.25) is 0 Å². The average Bonchev–Trinajstić information content (AvgIpc) is 2.34. The van der Waals surface area contributed by atoms with E-state index < -0.39 is 0 Å². The minimum atomic E-state index is 0.660. The summed E-state index contributed by atoms with van der Waals surface area (Å²) in [4.78, 5) is 4.98. The highest BCUT2D eigenvalue weighted by molar-refractivity contribution is 4.77. The monoisotopic (exact) mass is 251 g/mol. The lowest BCUT2D eigenvalue weighted by Gasteiger charge is -2.34. The van der Waals surface area contributed by atoms with E-state index in [-0.39, 0.29) is 0 Å². The molecule has 0 aromatic carbocycles. The molecular formula is C15H29N3. The molecule has 0 aromatic rings. The molecule has 1 saturated heterocycles. The maximum absolute atomic E-state index is 8.72. The van der Waals surface area contributed by atoms with Gasteiger partial charge in [-0.2, -0.15) is 5.26 Å². The molecule has 0 spiro atoms. The van der Waals surface area contributed by atoms with Crippen molar-refractivity contribution in [1.29, 1.82) is 5.26 Å². The van der Waals surface area contributed by atoms with Crippen molar-refractivity contribution < 1.29 is 0 Å². The van der Waals surface area contributed by atoms with E-state index in [1.165, 1.54) is 32.2 Å². The SMILES string of the molecule is CC(C)CN(CCC#N)CCC1CCCCN1C. The van der Waals surface area contributed by atoms with E-state index in [1.54, 1.807) is 0 Å².